The van der Waals surface area contributed by atoms with Crippen LogP contribution in [0.1, 0.15) is 40.2 Å². The lowest BCUT2D eigenvalue weighted by Gasteiger charge is -2.23. The number of halogens is 4. The lowest BCUT2D eigenvalue weighted by Crippen LogP contribution is -2.26. The molecule has 3 nitrogen and oxygen atoms in total. The van der Waals surface area contributed by atoms with E-state index in [9.17, 15) is 23.1 Å². The zero-order chi connectivity index (χ0) is 24.6. The zero-order valence-corrected chi connectivity index (χ0v) is 20.1. The highest BCUT2D eigenvalue weighted by atomic mass is 35.5. The van der Waals surface area contributed by atoms with Gasteiger partial charge in [0.25, 0.3) is 0 Å². The van der Waals surface area contributed by atoms with Crippen LogP contribution in [0.4, 0.5) is 13.2 Å². The van der Waals surface area contributed by atoms with Crippen molar-refractivity contribution in [2.45, 2.75) is 24.9 Å². The first-order valence-corrected chi connectivity index (χ1v) is 11.6. The molecule has 2 N–H and O–H groups in total. The third-order valence-electron chi connectivity index (χ3n) is 6.78. The van der Waals surface area contributed by atoms with Gasteiger partial charge < -0.3 is 10.4 Å². The third-order valence-corrected chi connectivity index (χ3v) is 6.78. The van der Waals surface area contributed by atoms with E-state index in [-0.39, 0.29) is 18.0 Å². The molecular formula is C29H25ClF3NO2. The minimum Gasteiger partial charge on any atom is -0.478 e. The van der Waals surface area contributed by atoms with Crippen LogP contribution in [-0.4, -0.2) is 24.2 Å². The summed E-state index contributed by atoms with van der Waals surface area (Å²) in [5.74, 6) is -0.502. The van der Waals surface area contributed by atoms with Gasteiger partial charge in [-0.25, -0.2) is 4.79 Å². The molecule has 7 heteroatoms. The lowest BCUT2D eigenvalue weighted by atomic mass is 9.88. The Bertz CT molecular complexity index is 1380. The van der Waals surface area contributed by atoms with Gasteiger partial charge in [0, 0.05) is 0 Å². The summed E-state index contributed by atoms with van der Waals surface area (Å²) >= 11 is 0. The van der Waals surface area contributed by atoms with E-state index < -0.39 is 17.7 Å². The van der Waals surface area contributed by atoms with Gasteiger partial charge in [-0.3, -0.25) is 0 Å². The summed E-state index contributed by atoms with van der Waals surface area (Å²) in [6.45, 7) is 2.03. The Morgan fingerprint density at radius 1 is 0.806 bits per heavy atom. The highest BCUT2D eigenvalue weighted by Crippen LogP contribution is 2.36. The van der Waals surface area contributed by atoms with E-state index in [0.717, 1.165) is 65.5 Å². The van der Waals surface area contributed by atoms with Gasteiger partial charge in [0.1, 0.15) is 0 Å². The number of nitrogens with one attached hydrogen (secondary N) is 1. The monoisotopic (exact) mass is 511 g/mol. The van der Waals surface area contributed by atoms with E-state index >= 15 is 0 Å². The Labute approximate surface area is 213 Å². The summed E-state index contributed by atoms with van der Waals surface area (Å²) < 4.78 is 38.8. The first-order chi connectivity index (χ1) is 16.8. The maximum Gasteiger partial charge on any atom is 0.416 e. The summed E-state index contributed by atoms with van der Waals surface area (Å²) in [5, 5.41) is 14.7. The second kappa shape index (κ2) is 10.3. The van der Waals surface area contributed by atoms with Crippen LogP contribution < -0.4 is 5.32 Å². The number of alkyl halides is 3. The summed E-state index contributed by atoms with van der Waals surface area (Å²) in [5.41, 5.74) is 3.85. The molecule has 1 saturated heterocycles. The molecule has 36 heavy (non-hydrogen) atoms. The quantitative estimate of drug-likeness (QED) is 0.294. The van der Waals surface area contributed by atoms with Gasteiger partial charge in [-0.15, -0.1) is 12.4 Å². The van der Waals surface area contributed by atoms with E-state index in [1.165, 1.54) is 17.7 Å². The third kappa shape index (κ3) is 5.25. The Kier molecular flexibility index (Phi) is 7.38. The molecule has 0 radical (unpaired) electrons. The summed E-state index contributed by atoms with van der Waals surface area (Å²) in [6, 6.07) is 22.2. The molecule has 1 heterocycles. The van der Waals surface area contributed by atoms with Crippen LogP contribution in [0.25, 0.3) is 33.0 Å². The molecular weight excluding hydrogens is 487 g/mol. The number of hydrogen-bond acceptors (Lipinski definition) is 2. The first kappa shape index (κ1) is 25.7. The van der Waals surface area contributed by atoms with Crippen LogP contribution in [0.15, 0.2) is 78.9 Å². The van der Waals surface area contributed by atoms with Crippen molar-refractivity contribution in [3.05, 3.63) is 95.6 Å². The SMILES string of the molecule is Cl.O=C(O)c1cc(-c2ccc(C3CCNCC3)cc2)c2ccc(-c3ccc(C(F)(F)F)cc3)cc2c1. The number of carboxylic acids is 1. The second-order valence-electron chi connectivity index (χ2n) is 8.99. The maximum atomic E-state index is 12.9. The van der Waals surface area contributed by atoms with Gasteiger partial charge in [-0.2, -0.15) is 13.2 Å². The number of rotatable bonds is 4. The number of benzene rings is 4. The molecule has 4 aromatic carbocycles. The fraction of sp³-hybridized carbons (Fsp3) is 0.207. The molecule has 0 aromatic heterocycles. The molecule has 0 saturated carbocycles. The number of carbonyl (C=O) groups is 1. The molecule has 1 fully saturated rings. The summed E-state index contributed by atoms with van der Waals surface area (Å²) in [6.07, 6.45) is -2.19. The van der Waals surface area contributed by atoms with Crippen LogP contribution in [0.2, 0.25) is 0 Å². The van der Waals surface area contributed by atoms with Crippen molar-refractivity contribution in [1.29, 1.82) is 0 Å². The van der Waals surface area contributed by atoms with E-state index in [0.29, 0.717) is 11.5 Å². The molecule has 1 aliphatic rings. The van der Waals surface area contributed by atoms with Crippen molar-refractivity contribution in [1.82, 2.24) is 5.32 Å². The highest BCUT2D eigenvalue weighted by Gasteiger charge is 2.30. The average molecular weight is 512 g/mol. The van der Waals surface area contributed by atoms with Crippen molar-refractivity contribution in [2.75, 3.05) is 13.1 Å². The van der Waals surface area contributed by atoms with E-state index in [1.54, 1.807) is 12.1 Å². The average Bonchev–Trinajstić information content (AvgIpc) is 2.88. The molecule has 0 spiro atoms. The Morgan fingerprint density at radius 2 is 1.42 bits per heavy atom. The second-order valence-corrected chi connectivity index (χ2v) is 8.99. The standard InChI is InChI=1S/C29H24F3NO2.ClH/c30-29(31,32)25-8-5-19(6-9-25)22-7-10-26-23(15-22)16-24(28(34)35)17-27(26)21-3-1-18(2-4-21)20-11-13-33-14-12-20;/h1-10,15-17,20,33H,11-14H2,(H,34,35);1H. The van der Waals surface area contributed by atoms with Gasteiger partial charge in [0.15, 0.2) is 0 Å². The number of aromatic carboxylic acids is 1. The molecule has 0 aliphatic carbocycles. The topological polar surface area (TPSA) is 49.3 Å². The van der Waals surface area contributed by atoms with Crippen LogP contribution in [0, 0.1) is 0 Å². The van der Waals surface area contributed by atoms with E-state index in [1.807, 2.05) is 30.3 Å². The summed E-state index contributed by atoms with van der Waals surface area (Å²) in [7, 11) is 0. The minimum atomic E-state index is -4.39. The number of fused-ring (bicyclic) bond motifs is 1. The van der Waals surface area contributed by atoms with E-state index in [4.69, 9.17) is 0 Å². The Hall–Kier alpha value is -3.35. The van der Waals surface area contributed by atoms with Crippen molar-refractivity contribution < 1.29 is 23.1 Å². The highest BCUT2D eigenvalue weighted by molar-refractivity contribution is 6.04. The molecule has 4 aromatic rings. The normalized spacial score (nSPS) is 14.4. The van der Waals surface area contributed by atoms with E-state index in [2.05, 4.69) is 17.4 Å². The number of carboxylic acid groups (broad SMARTS) is 1. The molecule has 0 unspecified atom stereocenters. The van der Waals surface area contributed by atoms with Gasteiger partial charge in [0.2, 0.25) is 0 Å². The smallest absolute Gasteiger partial charge is 0.416 e. The summed E-state index contributed by atoms with van der Waals surface area (Å²) in [4.78, 5) is 11.9. The fourth-order valence-electron chi connectivity index (χ4n) is 4.85. The van der Waals surface area contributed by atoms with Gasteiger partial charge in [-0.1, -0.05) is 48.5 Å². The number of hydrogen-bond donors (Lipinski definition) is 2. The van der Waals surface area contributed by atoms with Crippen molar-refractivity contribution in [2.24, 2.45) is 0 Å². The maximum absolute atomic E-state index is 12.9. The predicted molar refractivity (Wildman–Crippen MR) is 139 cm³/mol. The van der Waals surface area contributed by atoms with Crippen molar-refractivity contribution in [3.8, 4) is 22.3 Å². The lowest BCUT2D eigenvalue weighted by molar-refractivity contribution is -0.137. The van der Waals surface area contributed by atoms with Crippen molar-refractivity contribution in [3.63, 3.8) is 0 Å². The van der Waals surface area contributed by atoms with Gasteiger partial charge in [0.05, 0.1) is 11.1 Å². The van der Waals surface area contributed by atoms with Crippen LogP contribution in [-0.2, 0) is 6.18 Å². The first-order valence-electron chi connectivity index (χ1n) is 11.6. The Balaban J connectivity index is 0.00000304. The van der Waals surface area contributed by atoms with Crippen molar-refractivity contribution >= 4 is 29.1 Å². The molecule has 0 amide bonds. The molecule has 0 atom stereocenters. The number of piperidine rings is 1. The van der Waals surface area contributed by atoms with Crippen LogP contribution in [0.3, 0.4) is 0 Å². The van der Waals surface area contributed by atoms with Crippen LogP contribution >= 0.6 is 12.4 Å². The van der Waals surface area contributed by atoms with Crippen LogP contribution in [0.5, 0.6) is 0 Å². The minimum absolute atomic E-state index is 0. The Morgan fingerprint density at radius 3 is 2.03 bits per heavy atom. The predicted octanol–water partition coefficient (Wildman–Crippen LogP) is 7.78. The molecule has 5 rings (SSSR count). The molecule has 1 aliphatic heterocycles. The molecule has 0 bridgehead atoms. The largest absolute Gasteiger partial charge is 0.478 e. The zero-order valence-electron chi connectivity index (χ0n) is 19.3. The van der Waals surface area contributed by atoms with Gasteiger partial charge >= 0.3 is 12.1 Å². The van der Waals surface area contributed by atoms with Gasteiger partial charge in [-0.05, 0) is 101 Å². The molecule has 186 valence electrons. The fourth-order valence-corrected chi connectivity index (χ4v) is 4.85.